The van der Waals surface area contributed by atoms with E-state index < -0.39 is 0 Å². The number of piperidine rings is 1. The maximum absolute atomic E-state index is 12.6. The van der Waals surface area contributed by atoms with Gasteiger partial charge in [0.1, 0.15) is 0 Å². The van der Waals surface area contributed by atoms with E-state index in [2.05, 4.69) is 11.1 Å². The molecule has 31 heavy (non-hydrogen) atoms. The van der Waals surface area contributed by atoms with Crippen LogP contribution in [0.4, 0.5) is 0 Å². The van der Waals surface area contributed by atoms with Crippen LogP contribution in [0.5, 0.6) is 0 Å². The second-order valence-electron chi connectivity index (χ2n) is 7.96. The van der Waals surface area contributed by atoms with Crippen LogP contribution < -0.4 is 0 Å². The molecule has 2 amide bonds. The van der Waals surface area contributed by atoms with Crippen molar-refractivity contribution in [1.29, 1.82) is 0 Å². The van der Waals surface area contributed by atoms with Gasteiger partial charge in [-0.15, -0.1) is 11.3 Å². The number of aryl methyl sites for hydroxylation is 1. The van der Waals surface area contributed by atoms with Crippen molar-refractivity contribution in [3.05, 3.63) is 29.3 Å². The Balaban J connectivity index is 1.38. The summed E-state index contributed by atoms with van der Waals surface area (Å²) in [7, 11) is 1.67. The van der Waals surface area contributed by atoms with Gasteiger partial charge in [-0.1, -0.05) is 12.1 Å². The van der Waals surface area contributed by atoms with E-state index in [1.165, 1.54) is 9.60 Å². The van der Waals surface area contributed by atoms with E-state index in [0.29, 0.717) is 26.1 Å². The Morgan fingerprint density at radius 1 is 1.26 bits per heavy atom. The molecule has 0 bridgehead atoms. The quantitative estimate of drug-likeness (QED) is 0.437. The molecule has 0 saturated carbocycles. The van der Waals surface area contributed by atoms with Crippen molar-refractivity contribution in [2.24, 2.45) is 5.92 Å². The number of amides is 2. The normalized spacial score (nSPS) is 16.3. The highest BCUT2D eigenvalue weighted by Crippen LogP contribution is 2.23. The Kier molecular flexibility index (Phi) is 8.40. The van der Waals surface area contributed by atoms with E-state index in [1.54, 1.807) is 30.2 Å². The molecule has 1 aromatic carbocycles. The molecule has 0 radical (unpaired) electrons. The van der Waals surface area contributed by atoms with Gasteiger partial charge >= 0.3 is 5.97 Å². The van der Waals surface area contributed by atoms with E-state index in [9.17, 15) is 14.4 Å². The molecule has 1 saturated heterocycles. The number of rotatable bonds is 9. The van der Waals surface area contributed by atoms with Crippen molar-refractivity contribution in [3.63, 3.8) is 0 Å². The molecule has 2 heterocycles. The summed E-state index contributed by atoms with van der Waals surface area (Å²) in [5.41, 5.74) is 1.03. The van der Waals surface area contributed by atoms with Gasteiger partial charge in [-0.3, -0.25) is 14.4 Å². The summed E-state index contributed by atoms with van der Waals surface area (Å²) in [5, 5.41) is 1.10. The molecule has 1 atom stereocenters. The first-order valence-corrected chi connectivity index (χ1v) is 11.8. The molecule has 0 spiro atoms. The Bertz CT molecular complexity index is 880. The number of thiazole rings is 1. The lowest BCUT2D eigenvalue weighted by molar-refractivity contribution is -0.152. The number of fused-ring (bicyclic) bond motifs is 1. The average molecular weight is 446 g/mol. The molecule has 2 aromatic rings. The van der Waals surface area contributed by atoms with Crippen LogP contribution >= 0.6 is 11.3 Å². The minimum Gasteiger partial charge on any atom is -0.466 e. The standard InChI is InChI=1S/C23H31N3O4S/c1-3-30-23(29)17-9-8-14-26(15-17)22(28)16-25(2)21(27)13-7-6-12-20-24-18-10-4-5-11-19(18)31-20/h4-5,10-11,17H,3,6-9,12-16H2,1-2H3. The fourth-order valence-electron chi connectivity index (χ4n) is 3.82. The monoisotopic (exact) mass is 445 g/mol. The number of carbonyl (C=O) groups excluding carboxylic acids is 3. The highest BCUT2D eigenvalue weighted by Gasteiger charge is 2.30. The van der Waals surface area contributed by atoms with E-state index in [4.69, 9.17) is 4.74 Å². The zero-order chi connectivity index (χ0) is 22.2. The summed E-state index contributed by atoms with van der Waals surface area (Å²) in [6.45, 7) is 3.18. The second-order valence-corrected chi connectivity index (χ2v) is 9.08. The highest BCUT2D eigenvalue weighted by atomic mass is 32.1. The Morgan fingerprint density at radius 3 is 2.84 bits per heavy atom. The van der Waals surface area contributed by atoms with Crippen molar-refractivity contribution in [2.45, 2.75) is 45.4 Å². The van der Waals surface area contributed by atoms with Gasteiger partial charge in [-0.05, 0) is 51.2 Å². The summed E-state index contributed by atoms with van der Waals surface area (Å²) in [5.74, 6) is -0.644. The molecule has 8 heteroatoms. The van der Waals surface area contributed by atoms with E-state index in [0.717, 1.165) is 42.6 Å². The van der Waals surface area contributed by atoms with Crippen molar-refractivity contribution in [2.75, 3.05) is 33.3 Å². The lowest BCUT2D eigenvalue weighted by Gasteiger charge is -2.32. The molecule has 3 rings (SSSR count). The molecule has 1 aliphatic rings. The number of esters is 1. The number of benzene rings is 1. The topological polar surface area (TPSA) is 79.8 Å². The van der Waals surface area contributed by atoms with Crippen LogP contribution in [0.3, 0.4) is 0 Å². The fraction of sp³-hybridized carbons (Fsp3) is 0.565. The van der Waals surface area contributed by atoms with Crippen LogP contribution in [0.25, 0.3) is 10.2 Å². The molecule has 1 unspecified atom stereocenters. The van der Waals surface area contributed by atoms with Crippen LogP contribution in [-0.2, 0) is 25.5 Å². The van der Waals surface area contributed by atoms with Gasteiger partial charge in [0.05, 0.1) is 34.3 Å². The summed E-state index contributed by atoms with van der Waals surface area (Å²) in [6.07, 6.45) is 4.45. The lowest BCUT2D eigenvalue weighted by Crippen LogP contribution is -2.47. The van der Waals surface area contributed by atoms with Crippen LogP contribution in [0, 0.1) is 5.92 Å². The number of ether oxygens (including phenoxy) is 1. The minimum atomic E-state index is -0.263. The molecule has 1 aromatic heterocycles. The van der Waals surface area contributed by atoms with Crippen LogP contribution in [0.1, 0.15) is 44.0 Å². The maximum atomic E-state index is 12.6. The summed E-state index contributed by atoms with van der Waals surface area (Å²) in [4.78, 5) is 44.8. The highest BCUT2D eigenvalue weighted by molar-refractivity contribution is 7.18. The van der Waals surface area contributed by atoms with Crippen LogP contribution in [0.2, 0.25) is 0 Å². The first-order chi connectivity index (χ1) is 15.0. The number of para-hydroxylation sites is 1. The van der Waals surface area contributed by atoms with Gasteiger partial charge in [0.15, 0.2) is 0 Å². The average Bonchev–Trinajstić information content (AvgIpc) is 3.19. The summed E-state index contributed by atoms with van der Waals surface area (Å²) < 4.78 is 6.28. The molecular weight excluding hydrogens is 414 g/mol. The van der Waals surface area contributed by atoms with Gasteiger partial charge in [-0.25, -0.2) is 4.98 Å². The fourth-order valence-corrected chi connectivity index (χ4v) is 4.83. The van der Waals surface area contributed by atoms with E-state index in [1.807, 2.05) is 18.2 Å². The number of likely N-dealkylation sites (tertiary alicyclic amines) is 1. The van der Waals surface area contributed by atoms with E-state index in [-0.39, 0.29) is 30.2 Å². The number of nitrogens with zero attached hydrogens (tertiary/aromatic N) is 3. The first-order valence-electron chi connectivity index (χ1n) is 11.0. The van der Waals surface area contributed by atoms with Crippen LogP contribution in [0.15, 0.2) is 24.3 Å². The third-order valence-electron chi connectivity index (χ3n) is 5.56. The van der Waals surface area contributed by atoms with Crippen molar-refractivity contribution in [3.8, 4) is 0 Å². The third-order valence-corrected chi connectivity index (χ3v) is 6.66. The number of aromatic nitrogens is 1. The molecule has 168 valence electrons. The molecule has 0 N–H and O–H groups in total. The maximum Gasteiger partial charge on any atom is 0.310 e. The Morgan fingerprint density at radius 2 is 2.06 bits per heavy atom. The van der Waals surface area contributed by atoms with Gasteiger partial charge in [-0.2, -0.15) is 0 Å². The van der Waals surface area contributed by atoms with Crippen molar-refractivity contribution in [1.82, 2.24) is 14.8 Å². The van der Waals surface area contributed by atoms with Crippen molar-refractivity contribution < 1.29 is 19.1 Å². The van der Waals surface area contributed by atoms with Crippen LogP contribution in [-0.4, -0.2) is 65.9 Å². The molecule has 0 aliphatic carbocycles. The van der Waals surface area contributed by atoms with Crippen molar-refractivity contribution >= 4 is 39.3 Å². The number of carbonyl (C=O) groups is 3. The molecule has 1 fully saturated rings. The molecule has 1 aliphatic heterocycles. The van der Waals surface area contributed by atoms with Gasteiger partial charge in [0.25, 0.3) is 0 Å². The largest absolute Gasteiger partial charge is 0.466 e. The van der Waals surface area contributed by atoms with E-state index >= 15 is 0 Å². The Labute approximate surface area is 187 Å². The third kappa shape index (κ3) is 6.50. The zero-order valence-electron chi connectivity index (χ0n) is 18.3. The first kappa shape index (κ1) is 23.2. The smallest absolute Gasteiger partial charge is 0.310 e. The van der Waals surface area contributed by atoms with Gasteiger partial charge in [0.2, 0.25) is 11.8 Å². The summed E-state index contributed by atoms with van der Waals surface area (Å²) >= 11 is 1.70. The SMILES string of the molecule is CCOC(=O)C1CCCN(C(=O)CN(C)C(=O)CCCCc2nc3ccccc3s2)C1. The number of likely N-dealkylation sites (N-methyl/N-ethyl adjacent to an activating group) is 1. The number of unbranched alkanes of at least 4 members (excludes halogenated alkanes) is 1. The number of hydrogen-bond donors (Lipinski definition) is 0. The lowest BCUT2D eigenvalue weighted by atomic mass is 9.98. The molecular formula is C23H31N3O4S. The van der Waals surface area contributed by atoms with Gasteiger partial charge < -0.3 is 14.5 Å². The number of hydrogen-bond acceptors (Lipinski definition) is 6. The zero-order valence-corrected chi connectivity index (χ0v) is 19.2. The Hall–Kier alpha value is -2.48. The predicted molar refractivity (Wildman–Crippen MR) is 121 cm³/mol. The minimum absolute atomic E-state index is 0.0309. The summed E-state index contributed by atoms with van der Waals surface area (Å²) in [6, 6.07) is 8.09. The van der Waals surface area contributed by atoms with Gasteiger partial charge in [0, 0.05) is 26.6 Å². The predicted octanol–water partition coefficient (Wildman–Crippen LogP) is 3.27. The molecule has 7 nitrogen and oxygen atoms in total. The second kappa shape index (κ2) is 11.2.